The fourth-order valence-corrected chi connectivity index (χ4v) is 4.07. The molecule has 1 aromatic heterocycles. The number of sulfone groups is 1. The molecule has 0 spiro atoms. The van der Waals surface area contributed by atoms with Crippen molar-refractivity contribution in [3.8, 4) is 0 Å². The van der Waals surface area contributed by atoms with E-state index in [9.17, 15) is 18.0 Å². The Bertz CT molecular complexity index is 797. The van der Waals surface area contributed by atoms with E-state index in [4.69, 9.17) is 4.52 Å². The molecule has 2 saturated heterocycles. The second-order valence-corrected chi connectivity index (χ2v) is 10.0. The lowest BCUT2D eigenvalue weighted by Crippen LogP contribution is -2.61. The Morgan fingerprint density at radius 2 is 1.88 bits per heavy atom. The molecule has 1 atom stereocenters. The van der Waals surface area contributed by atoms with Crippen molar-refractivity contribution in [1.29, 1.82) is 0 Å². The SMILES string of the molecule is CC(C)(C)c1cc(NC(=O)[C@@H]2CCN2C(=O)N2CCS(=O)(=O)CC2)on1. The van der Waals surface area contributed by atoms with Crippen LogP contribution in [0, 0.1) is 0 Å². The molecule has 10 heteroatoms. The Hall–Kier alpha value is -2.10. The second kappa shape index (κ2) is 6.57. The zero-order valence-corrected chi connectivity index (χ0v) is 16.0. The van der Waals surface area contributed by atoms with Gasteiger partial charge in [-0.05, 0) is 6.42 Å². The summed E-state index contributed by atoms with van der Waals surface area (Å²) < 4.78 is 28.1. The number of urea groups is 1. The lowest BCUT2D eigenvalue weighted by molar-refractivity contribution is -0.124. The zero-order chi connectivity index (χ0) is 19.1. The van der Waals surface area contributed by atoms with Gasteiger partial charge in [0.15, 0.2) is 9.84 Å². The van der Waals surface area contributed by atoms with Gasteiger partial charge in [-0.15, -0.1) is 0 Å². The number of hydrogen-bond acceptors (Lipinski definition) is 6. The van der Waals surface area contributed by atoms with E-state index in [-0.39, 0.29) is 47.8 Å². The lowest BCUT2D eigenvalue weighted by atomic mass is 9.92. The van der Waals surface area contributed by atoms with Crippen LogP contribution in [0.5, 0.6) is 0 Å². The molecule has 1 N–H and O–H groups in total. The van der Waals surface area contributed by atoms with Gasteiger partial charge in [-0.25, -0.2) is 13.2 Å². The van der Waals surface area contributed by atoms with E-state index in [1.165, 1.54) is 9.80 Å². The third-order valence-electron chi connectivity index (χ3n) is 4.71. The van der Waals surface area contributed by atoms with Crippen LogP contribution in [0.4, 0.5) is 10.7 Å². The summed E-state index contributed by atoms with van der Waals surface area (Å²) in [6.07, 6.45) is 0.560. The van der Waals surface area contributed by atoms with Gasteiger partial charge < -0.3 is 14.3 Å². The van der Waals surface area contributed by atoms with Crippen LogP contribution < -0.4 is 5.32 Å². The van der Waals surface area contributed by atoms with Gasteiger partial charge in [0.2, 0.25) is 11.8 Å². The largest absolute Gasteiger partial charge is 0.338 e. The van der Waals surface area contributed by atoms with E-state index in [0.717, 1.165) is 5.69 Å². The van der Waals surface area contributed by atoms with Gasteiger partial charge in [-0.3, -0.25) is 10.1 Å². The highest BCUT2D eigenvalue weighted by molar-refractivity contribution is 7.91. The average molecular weight is 384 g/mol. The first-order chi connectivity index (χ1) is 12.1. The number of rotatable bonds is 2. The fraction of sp³-hybridized carbons (Fsp3) is 0.688. The van der Waals surface area contributed by atoms with E-state index in [0.29, 0.717) is 13.0 Å². The molecule has 144 valence electrons. The van der Waals surface area contributed by atoms with Gasteiger partial charge >= 0.3 is 6.03 Å². The van der Waals surface area contributed by atoms with E-state index < -0.39 is 15.9 Å². The van der Waals surface area contributed by atoms with Gasteiger partial charge in [0.1, 0.15) is 6.04 Å². The molecule has 3 heterocycles. The highest BCUT2D eigenvalue weighted by Gasteiger charge is 2.41. The highest BCUT2D eigenvalue weighted by Crippen LogP contribution is 2.25. The quantitative estimate of drug-likeness (QED) is 0.808. The summed E-state index contributed by atoms with van der Waals surface area (Å²) >= 11 is 0. The third-order valence-corrected chi connectivity index (χ3v) is 6.32. The first kappa shape index (κ1) is 18.7. The number of hydrogen-bond donors (Lipinski definition) is 1. The van der Waals surface area contributed by atoms with E-state index in [1.807, 2.05) is 20.8 Å². The van der Waals surface area contributed by atoms with Crippen molar-refractivity contribution in [3.05, 3.63) is 11.8 Å². The van der Waals surface area contributed by atoms with Crippen molar-refractivity contribution in [2.24, 2.45) is 0 Å². The van der Waals surface area contributed by atoms with E-state index in [2.05, 4.69) is 10.5 Å². The molecule has 1 aromatic rings. The van der Waals surface area contributed by atoms with Crippen LogP contribution in [0.3, 0.4) is 0 Å². The number of amides is 3. The van der Waals surface area contributed by atoms with Gasteiger partial charge in [-0.1, -0.05) is 25.9 Å². The Kier molecular flexibility index (Phi) is 4.72. The molecule has 3 amide bonds. The molecular formula is C16H24N4O5S. The molecular weight excluding hydrogens is 360 g/mol. The molecule has 2 aliphatic rings. The van der Waals surface area contributed by atoms with Crippen LogP contribution in [0.1, 0.15) is 32.9 Å². The Labute approximate surface area is 152 Å². The van der Waals surface area contributed by atoms with Crippen LogP contribution in [0.25, 0.3) is 0 Å². The van der Waals surface area contributed by atoms with Gasteiger partial charge in [0.05, 0.1) is 17.2 Å². The van der Waals surface area contributed by atoms with Gasteiger partial charge in [-0.2, -0.15) is 0 Å². The lowest BCUT2D eigenvalue weighted by Gasteiger charge is -2.42. The Balaban J connectivity index is 1.59. The number of nitrogens with zero attached hydrogens (tertiary/aromatic N) is 3. The molecule has 3 rings (SSSR count). The number of nitrogens with one attached hydrogen (secondary N) is 1. The first-order valence-corrected chi connectivity index (χ1v) is 10.4. The van der Waals surface area contributed by atoms with E-state index >= 15 is 0 Å². The first-order valence-electron chi connectivity index (χ1n) is 8.61. The van der Waals surface area contributed by atoms with Crippen LogP contribution in [0.2, 0.25) is 0 Å². The average Bonchev–Trinajstić information content (AvgIpc) is 2.94. The predicted octanol–water partition coefficient (Wildman–Crippen LogP) is 0.835. The number of anilines is 1. The fourth-order valence-electron chi connectivity index (χ4n) is 2.87. The normalized spacial score (nSPS) is 22.7. The summed E-state index contributed by atoms with van der Waals surface area (Å²) in [5.74, 6) is -0.136. The van der Waals surface area contributed by atoms with Crippen molar-refractivity contribution < 1.29 is 22.5 Å². The number of carbonyl (C=O) groups excluding carboxylic acids is 2. The van der Waals surface area contributed by atoms with E-state index in [1.54, 1.807) is 6.07 Å². The Morgan fingerprint density at radius 1 is 1.23 bits per heavy atom. The standard InChI is InChI=1S/C16H24N4O5S/c1-16(2,3)12-10-13(25-18-12)17-14(21)11-4-5-20(11)15(22)19-6-8-26(23,24)9-7-19/h10-11H,4-9H2,1-3H3,(H,17,21)/t11-/m0/s1. The smallest absolute Gasteiger partial charge is 0.320 e. The minimum atomic E-state index is -3.06. The minimum absolute atomic E-state index is 0.0307. The molecule has 0 bridgehead atoms. The molecule has 9 nitrogen and oxygen atoms in total. The summed E-state index contributed by atoms with van der Waals surface area (Å²) in [5.41, 5.74) is 0.531. The summed E-state index contributed by atoms with van der Waals surface area (Å²) in [4.78, 5) is 27.9. The maximum atomic E-state index is 12.5. The Morgan fingerprint density at radius 3 is 2.38 bits per heavy atom. The maximum absolute atomic E-state index is 12.5. The summed E-state index contributed by atoms with van der Waals surface area (Å²) in [6.45, 7) is 6.78. The van der Waals surface area contributed by atoms with Crippen LogP contribution >= 0.6 is 0 Å². The molecule has 0 aliphatic carbocycles. The molecule has 26 heavy (non-hydrogen) atoms. The van der Waals surface area contributed by atoms with Crippen molar-refractivity contribution in [1.82, 2.24) is 15.0 Å². The van der Waals surface area contributed by atoms with Crippen LogP contribution in [-0.4, -0.2) is 72.5 Å². The molecule has 0 unspecified atom stereocenters. The van der Waals surface area contributed by atoms with Crippen molar-refractivity contribution >= 4 is 27.7 Å². The predicted molar refractivity (Wildman–Crippen MR) is 94.6 cm³/mol. The zero-order valence-electron chi connectivity index (χ0n) is 15.2. The summed E-state index contributed by atoms with van der Waals surface area (Å²) in [7, 11) is -3.06. The summed E-state index contributed by atoms with van der Waals surface area (Å²) in [6, 6.07) is 0.807. The van der Waals surface area contributed by atoms with Crippen molar-refractivity contribution in [2.45, 2.75) is 38.6 Å². The van der Waals surface area contributed by atoms with Crippen LogP contribution in [0.15, 0.2) is 10.6 Å². The minimum Gasteiger partial charge on any atom is -0.338 e. The highest BCUT2D eigenvalue weighted by atomic mass is 32.2. The van der Waals surface area contributed by atoms with Gasteiger partial charge in [0.25, 0.3) is 0 Å². The molecule has 0 radical (unpaired) electrons. The summed E-state index contributed by atoms with van der Waals surface area (Å²) in [5, 5.41) is 6.61. The third kappa shape index (κ3) is 3.84. The topological polar surface area (TPSA) is 113 Å². The molecule has 2 fully saturated rings. The molecule has 0 aromatic carbocycles. The monoisotopic (exact) mass is 384 g/mol. The second-order valence-electron chi connectivity index (χ2n) is 7.73. The van der Waals surface area contributed by atoms with Crippen molar-refractivity contribution in [3.63, 3.8) is 0 Å². The number of carbonyl (C=O) groups is 2. The molecule has 2 aliphatic heterocycles. The van der Waals surface area contributed by atoms with Crippen molar-refractivity contribution in [2.75, 3.05) is 36.5 Å². The van der Waals surface area contributed by atoms with Crippen LogP contribution in [-0.2, 0) is 20.0 Å². The maximum Gasteiger partial charge on any atom is 0.320 e. The molecule has 0 saturated carbocycles. The number of aromatic nitrogens is 1. The number of likely N-dealkylation sites (tertiary alicyclic amines) is 1. The van der Waals surface area contributed by atoms with Gasteiger partial charge in [0, 0.05) is 31.1 Å².